The van der Waals surface area contributed by atoms with Gasteiger partial charge in [0.2, 0.25) is 0 Å². The minimum Gasteiger partial charge on any atom is -0.384 e. The van der Waals surface area contributed by atoms with Crippen LogP contribution < -0.4 is 11.1 Å². The zero-order valence-corrected chi connectivity index (χ0v) is 13.7. The Bertz CT molecular complexity index is 626. The molecule has 3 N–H and O–H groups in total. The van der Waals surface area contributed by atoms with Gasteiger partial charge in [-0.1, -0.05) is 6.07 Å². The standard InChI is InChI=1S/C18H25N5/c1-14-15(4-2-9-20-14)13-23-10-3-5-16(8-11-23)22-17-6-7-18(19)21-12-17/h2,4,6-7,9,12,16,22H,3,5,8,10-11,13H2,1H3,(H2,19,21)/t16-/m0/s1. The summed E-state index contributed by atoms with van der Waals surface area (Å²) in [6.07, 6.45) is 7.22. The molecule has 0 spiro atoms. The molecule has 2 aromatic heterocycles. The van der Waals surface area contributed by atoms with E-state index in [0.29, 0.717) is 11.9 Å². The van der Waals surface area contributed by atoms with Crippen LogP contribution in [0.25, 0.3) is 0 Å². The minimum absolute atomic E-state index is 0.500. The van der Waals surface area contributed by atoms with E-state index in [0.717, 1.165) is 37.4 Å². The van der Waals surface area contributed by atoms with Crippen molar-refractivity contribution in [3.05, 3.63) is 47.9 Å². The first-order valence-corrected chi connectivity index (χ1v) is 8.31. The van der Waals surface area contributed by atoms with E-state index in [4.69, 9.17) is 5.73 Å². The van der Waals surface area contributed by atoms with Crippen molar-refractivity contribution in [2.45, 2.75) is 38.8 Å². The number of anilines is 2. The second kappa shape index (κ2) is 7.42. The number of likely N-dealkylation sites (tertiary alicyclic amines) is 1. The highest BCUT2D eigenvalue weighted by Crippen LogP contribution is 2.18. The fraction of sp³-hybridized carbons (Fsp3) is 0.444. The zero-order chi connectivity index (χ0) is 16.1. The van der Waals surface area contributed by atoms with Crippen LogP contribution in [0, 0.1) is 6.92 Å². The third-order valence-corrected chi connectivity index (χ3v) is 4.49. The number of pyridine rings is 2. The van der Waals surface area contributed by atoms with Crippen LogP contribution in [0.5, 0.6) is 0 Å². The summed E-state index contributed by atoms with van der Waals surface area (Å²) in [5.41, 5.74) is 9.17. The summed E-state index contributed by atoms with van der Waals surface area (Å²) >= 11 is 0. The largest absolute Gasteiger partial charge is 0.384 e. The van der Waals surface area contributed by atoms with E-state index in [1.165, 1.54) is 18.4 Å². The van der Waals surface area contributed by atoms with Gasteiger partial charge in [-0.3, -0.25) is 9.88 Å². The van der Waals surface area contributed by atoms with Crippen LogP contribution in [0.2, 0.25) is 0 Å². The molecular formula is C18H25N5. The number of nitrogens with one attached hydrogen (secondary N) is 1. The fourth-order valence-corrected chi connectivity index (χ4v) is 3.11. The number of nitrogens with zero attached hydrogens (tertiary/aromatic N) is 3. The maximum absolute atomic E-state index is 5.64. The molecule has 1 fully saturated rings. The first kappa shape index (κ1) is 15.7. The van der Waals surface area contributed by atoms with Gasteiger partial charge in [-0.15, -0.1) is 0 Å². The van der Waals surface area contributed by atoms with Crippen LogP contribution in [-0.4, -0.2) is 34.0 Å². The van der Waals surface area contributed by atoms with Crippen molar-refractivity contribution in [2.24, 2.45) is 0 Å². The van der Waals surface area contributed by atoms with Crippen LogP contribution in [0.4, 0.5) is 11.5 Å². The van der Waals surface area contributed by atoms with Crippen LogP contribution in [-0.2, 0) is 6.54 Å². The van der Waals surface area contributed by atoms with E-state index in [1.807, 2.05) is 30.6 Å². The number of rotatable bonds is 4. The molecular weight excluding hydrogens is 286 g/mol. The average molecular weight is 311 g/mol. The number of hydrogen-bond acceptors (Lipinski definition) is 5. The number of hydrogen-bond donors (Lipinski definition) is 2. The Morgan fingerprint density at radius 3 is 2.91 bits per heavy atom. The van der Waals surface area contributed by atoms with Gasteiger partial charge < -0.3 is 11.1 Å². The third kappa shape index (κ3) is 4.42. The van der Waals surface area contributed by atoms with Crippen molar-refractivity contribution >= 4 is 11.5 Å². The Morgan fingerprint density at radius 1 is 1.22 bits per heavy atom. The molecule has 1 aliphatic rings. The smallest absolute Gasteiger partial charge is 0.123 e. The predicted octanol–water partition coefficient (Wildman–Crippen LogP) is 2.83. The zero-order valence-electron chi connectivity index (χ0n) is 13.7. The molecule has 1 aliphatic heterocycles. The third-order valence-electron chi connectivity index (χ3n) is 4.49. The second-order valence-corrected chi connectivity index (χ2v) is 6.27. The molecule has 23 heavy (non-hydrogen) atoms. The lowest BCUT2D eigenvalue weighted by atomic mass is 10.1. The lowest BCUT2D eigenvalue weighted by Gasteiger charge is -2.21. The predicted molar refractivity (Wildman–Crippen MR) is 94.2 cm³/mol. The van der Waals surface area contributed by atoms with E-state index in [9.17, 15) is 0 Å². The van der Waals surface area contributed by atoms with Crippen LogP contribution >= 0.6 is 0 Å². The van der Waals surface area contributed by atoms with E-state index < -0.39 is 0 Å². The lowest BCUT2D eigenvalue weighted by molar-refractivity contribution is 0.275. The molecule has 0 saturated carbocycles. The number of nitrogen functional groups attached to an aromatic ring is 1. The molecule has 2 aromatic rings. The first-order chi connectivity index (χ1) is 11.2. The van der Waals surface area contributed by atoms with E-state index in [1.54, 1.807) is 0 Å². The second-order valence-electron chi connectivity index (χ2n) is 6.27. The van der Waals surface area contributed by atoms with Crippen LogP contribution in [0.3, 0.4) is 0 Å². The maximum Gasteiger partial charge on any atom is 0.123 e. The average Bonchev–Trinajstić information content (AvgIpc) is 2.77. The summed E-state index contributed by atoms with van der Waals surface area (Å²) in [5, 5.41) is 3.59. The molecule has 5 nitrogen and oxygen atoms in total. The molecule has 5 heteroatoms. The summed E-state index contributed by atoms with van der Waals surface area (Å²) in [5.74, 6) is 0.564. The Balaban J connectivity index is 1.55. The quantitative estimate of drug-likeness (QED) is 0.909. The van der Waals surface area contributed by atoms with E-state index in [2.05, 4.69) is 33.2 Å². The molecule has 0 aliphatic carbocycles. The molecule has 0 radical (unpaired) electrons. The molecule has 0 unspecified atom stereocenters. The van der Waals surface area contributed by atoms with Gasteiger partial charge in [0, 0.05) is 31.0 Å². The SMILES string of the molecule is Cc1ncccc1CN1CCC[C@H](Nc2ccc(N)nc2)CC1. The normalized spacial score (nSPS) is 19.3. The molecule has 122 valence electrons. The van der Waals surface area contributed by atoms with Crippen molar-refractivity contribution in [1.29, 1.82) is 0 Å². The minimum atomic E-state index is 0.500. The van der Waals surface area contributed by atoms with Gasteiger partial charge in [-0.2, -0.15) is 0 Å². The fourth-order valence-electron chi connectivity index (χ4n) is 3.11. The van der Waals surface area contributed by atoms with Crippen LogP contribution in [0.1, 0.15) is 30.5 Å². The molecule has 0 amide bonds. The lowest BCUT2D eigenvalue weighted by Crippen LogP contribution is -2.26. The van der Waals surface area contributed by atoms with Crippen LogP contribution in [0.15, 0.2) is 36.7 Å². The van der Waals surface area contributed by atoms with E-state index >= 15 is 0 Å². The summed E-state index contributed by atoms with van der Waals surface area (Å²) in [6, 6.07) is 8.56. The van der Waals surface area contributed by atoms with Gasteiger partial charge in [0.25, 0.3) is 0 Å². The Labute approximate surface area is 137 Å². The summed E-state index contributed by atoms with van der Waals surface area (Å²) < 4.78 is 0. The van der Waals surface area contributed by atoms with Gasteiger partial charge in [-0.25, -0.2) is 4.98 Å². The highest BCUT2D eigenvalue weighted by Gasteiger charge is 2.17. The topological polar surface area (TPSA) is 67.1 Å². The monoisotopic (exact) mass is 311 g/mol. The maximum atomic E-state index is 5.64. The van der Waals surface area contributed by atoms with Crippen molar-refractivity contribution in [2.75, 3.05) is 24.1 Å². The highest BCUT2D eigenvalue weighted by molar-refractivity contribution is 5.46. The number of nitrogens with two attached hydrogens (primary N) is 1. The molecule has 0 aromatic carbocycles. The Morgan fingerprint density at radius 2 is 2.13 bits per heavy atom. The van der Waals surface area contributed by atoms with Crippen molar-refractivity contribution in [1.82, 2.24) is 14.9 Å². The van der Waals surface area contributed by atoms with E-state index in [-0.39, 0.29) is 0 Å². The van der Waals surface area contributed by atoms with Crippen molar-refractivity contribution in [3.63, 3.8) is 0 Å². The molecule has 3 heterocycles. The van der Waals surface area contributed by atoms with Gasteiger partial charge in [-0.05, 0) is 56.5 Å². The first-order valence-electron chi connectivity index (χ1n) is 8.31. The Kier molecular flexibility index (Phi) is 5.08. The van der Waals surface area contributed by atoms with Gasteiger partial charge >= 0.3 is 0 Å². The van der Waals surface area contributed by atoms with Gasteiger partial charge in [0.15, 0.2) is 0 Å². The van der Waals surface area contributed by atoms with Gasteiger partial charge in [0.05, 0.1) is 11.9 Å². The summed E-state index contributed by atoms with van der Waals surface area (Å²) in [4.78, 5) is 11.1. The van der Waals surface area contributed by atoms with Gasteiger partial charge in [0.1, 0.15) is 5.82 Å². The number of aromatic nitrogens is 2. The van der Waals surface area contributed by atoms with Crippen molar-refractivity contribution in [3.8, 4) is 0 Å². The molecule has 3 rings (SSSR count). The Hall–Kier alpha value is -2.14. The molecule has 1 saturated heterocycles. The molecule has 0 bridgehead atoms. The molecule has 1 atom stereocenters. The number of aryl methyl sites for hydroxylation is 1. The summed E-state index contributed by atoms with van der Waals surface area (Å²) in [6.45, 7) is 5.34. The van der Waals surface area contributed by atoms with Crippen molar-refractivity contribution < 1.29 is 0 Å². The summed E-state index contributed by atoms with van der Waals surface area (Å²) in [7, 11) is 0. The highest BCUT2D eigenvalue weighted by atomic mass is 15.1.